The van der Waals surface area contributed by atoms with E-state index in [-0.39, 0.29) is 29.2 Å². The van der Waals surface area contributed by atoms with Crippen LogP contribution in [0.4, 0.5) is 5.69 Å². The van der Waals surface area contributed by atoms with E-state index in [9.17, 15) is 24.6 Å². The standard InChI is InChI=1S/C24H22ClN3O6/c1-10-4-11-13(7-27-3-2-19(29)23(27)32)14-8-28-18(20(14)26-17(11)6-16(10)25)5-12-15(22(28)31)9-34-24(33)21(12)30/h4-6,19-21,26,29-30H,2-3,7-9H2,1H3. The Morgan fingerprint density at radius 3 is 2.74 bits per heavy atom. The Hall–Kier alpha value is -3.14. The van der Waals surface area contributed by atoms with Crippen molar-refractivity contribution < 1.29 is 24.5 Å². The number of anilines is 1. The maximum absolute atomic E-state index is 13.3. The molecule has 1 aromatic carbocycles. The Labute approximate surface area is 199 Å². The second-order valence-corrected chi connectivity index (χ2v) is 9.60. The number of fused-ring (bicyclic) bond motifs is 5. The van der Waals surface area contributed by atoms with Gasteiger partial charge in [-0.15, -0.1) is 0 Å². The third-order valence-corrected chi connectivity index (χ3v) is 7.65. The van der Waals surface area contributed by atoms with E-state index < -0.39 is 24.2 Å². The highest BCUT2D eigenvalue weighted by atomic mass is 35.5. The molecule has 9 nitrogen and oxygen atoms in total. The van der Waals surface area contributed by atoms with Crippen LogP contribution < -0.4 is 10.9 Å². The molecule has 3 N–H and O–H groups in total. The summed E-state index contributed by atoms with van der Waals surface area (Å²) in [5.74, 6) is -1.08. The fourth-order valence-electron chi connectivity index (χ4n) is 5.38. The van der Waals surface area contributed by atoms with Crippen LogP contribution in [0.5, 0.6) is 0 Å². The summed E-state index contributed by atoms with van der Waals surface area (Å²) in [6.45, 7) is 2.77. The lowest BCUT2D eigenvalue weighted by Gasteiger charge is -2.31. The van der Waals surface area contributed by atoms with Gasteiger partial charge in [-0.05, 0) is 48.3 Å². The molecular weight excluding hydrogens is 462 g/mol. The molecule has 1 amide bonds. The van der Waals surface area contributed by atoms with Crippen molar-refractivity contribution in [1.82, 2.24) is 9.47 Å². The van der Waals surface area contributed by atoms with Crippen LogP contribution in [0, 0.1) is 6.92 Å². The number of aryl methyl sites for hydroxylation is 1. The average molecular weight is 484 g/mol. The zero-order valence-corrected chi connectivity index (χ0v) is 19.1. The number of nitrogens with one attached hydrogen (secondary N) is 1. The quantitative estimate of drug-likeness (QED) is 0.552. The molecule has 1 aromatic heterocycles. The molecule has 34 heavy (non-hydrogen) atoms. The monoisotopic (exact) mass is 483 g/mol. The lowest BCUT2D eigenvalue weighted by Crippen LogP contribution is -2.33. The van der Waals surface area contributed by atoms with Gasteiger partial charge in [-0.3, -0.25) is 9.59 Å². The fourth-order valence-corrected chi connectivity index (χ4v) is 5.54. The van der Waals surface area contributed by atoms with Gasteiger partial charge in [0.1, 0.15) is 12.7 Å². The first-order chi connectivity index (χ1) is 16.2. The molecule has 1 saturated heterocycles. The molecule has 5 heterocycles. The van der Waals surface area contributed by atoms with Crippen molar-refractivity contribution >= 4 is 34.7 Å². The Balaban J connectivity index is 1.52. The summed E-state index contributed by atoms with van der Waals surface area (Å²) >= 11 is 6.41. The van der Waals surface area contributed by atoms with Crippen molar-refractivity contribution in [2.24, 2.45) is 0 Å². The highest BCUT2D eigenvalue weighted by Gasteiger charge is 2.40. The first-order valence-corrected chi connectivity index (χ1v) is 11.5. The molecule has 4 aliphatic rings. The molecule has 2 aromatic rings. The van der Waals surface area contributed by atoms with E-state index in [2.05, 4.69) is 5.32 Å². The highest BCUT2D eigenvalue weighted by Crippen LogP contribution is 2.46. The predicted octanol–water partition coefficient (Wildman–Crippen LogP) is 1.43. The van der Waals surface area contributed by atoms with Crippen molar-refractivity contribution in [3.05, 3.63) is 67.1 Å². The van der Waals surface area contributed by atoms with Crippen LogP contribution in [0.25, 0.3) is 5.57 Å². The van der Waals surface area contributed by atoms with Crippen LogP contribution in [-0.4, -0.2) is 50.8 Å². The molecule has 1 fully saturated rings. The molecular formula is C24H22ClN3O6. The second-order valence-electron chi connectivity index (χ2n) is 9.20. The number of ether oxygens (including phenoxy) is 1. The Morgan fingerprint density at radius 2 is 2.00 bits per heavy atom. The fraction of sp³-hybridized carbons (Fsp3) is 0.375. The number of esters is 1. The lowest BCUT2D eigenvalue weighted by atomic mass is 9.88. The van der Waals surface area contributed by atoms with Crippen molar-refractivity contribution in [3.8, 4) is 0 Å². The minimum atomic E-state index is -1.51. The number of hydrogen-bond donors (Lipinski definition) is 3. The van der Waals surface area contributed by atoms with Crippen LogP contribution in [0.15, 0.2) is 28.6 Å². The number of rotatable bonds is 2. The summed E-state index contributed by atoms with van der Waals surface area (Å²) in [6.07, 6.45) is -2.12. The summed E-state index contributed by atoms with van der Waals surface area (Å²) in [7, 11) is 0. The zero-order chi connectivity index (χ0) is 23.9. The number of likely N-dealkylation sites (tertiary alicyclic amines) is 1. The van der Waals surface area contributed by atoms with Gasteiger partial charge in [-0.1, -0.05) is 11.6 Å². The van der Waals surface area contributed by atoms with Crippen LogP contribution in [0.2, 0.25) is 5.02 Å². The number of cyclic esters (lactones) is 1. The number of halogens is 1. The van der Waals surface area contributed by atoms with E-state index in [0.29, 0.717) is 36.8 Å². The van der Waals surface area contributed by atoms with Crippen LogP contribution >= 0.6 is 11.6 Å². The van der Waals surface area contributed by atoms with Crippen molar-refractivity contribution in [3.63, 3.8) is 0 Å². The average Bonchev–Trinajstić information content (AvgIpc) is 3.33. The molecule has 0 aliphatic carbocycles. The number of aliphatic hydroxyl groups is 2. The van der Waals surface area contributed by atoms with Gasteiger partial charge in [0, 0.05) is 47.2 Å². The van der Waals surface area contributed by atoms with Gasteiger partial charge in [0.2, 0.25) is 0 Å². The van der Waals surface area contributed by atoms with Crippen LogP contribution in [0.3, 0.4) is 0 Å². The van der Waals surface area contributed by atoms with E-state index >= 15 is 0 Å². The third kappa shape index (κ3) is 2.97. The van der Waals surface area contributed by atoms with E-state index in [1.807, 2.05) is 19.1 Å². The lowest BCUT2D eigenvalue weighted by molar-refractivity contribution is -0.157. The predicted molar refractivity (Wildman–Crippen MR) is 122 cm³/mol. The normalized spacial score (nSPS) is 24.9. The van der Waals surface area contributed by atoms with E-state index in [1.54, 1.807) is 15.5 Å². The van der Waals surface area contributed by atoms with E-state index in [1.165, 1.54) is 0 Å². The maximum Gasteiger partial charge on any atom is 0.340 e. The summed E-state index contributed by atoms with van der Waals surface area (Å²) in [5, 5.41) is 24.4. The van der Waals surface area contributed by atoms with Gasteiger partial charge in [-0.2, -0.15) is 0 Å². The molecule has 0 radical (unpaired) electrons. The summed E-state index contributed by atoms with van der Waals surface area (Å²) in [5.41, 5.74) is 5.21. The molecule has 3 atom stereocenters. The van der Waals surface area contributed by atoms with Gasteiger partial charge in [-0.25, -0.2) is 4.79 Å². The molecule has 10 heteroatoms. The number of aliphatic hydroxyl groups excluding tert-OH is 2. The van der Waals surface area contributed by atoms with Crippen molar-refractivity contribution in [2.75, 3.05) is 18.4 Å². The summed E-state index contributed by atoms with van der Waals surface area (Å²) in [4.78, 5) is 39.4. The number of hydrogen-bond acceptors (Lipinski definition) is 7. The van der Waals surface area contributed by atoms with E-state index in [0.717, 1.165) is 28.0 Å². The van der Waals surface area contributed by atoms with Gasteiger partial charge in [0.25, 0.3) is 11.5 Å². The Morgan fingerprint density at radius 1 is 1.21 bits per heavy atom. The molecule has 0 spiro atoms. The molecule has 176 valence electrons. The topological polar surface area (TPSA) is 121 Å². The van der Waals surface area contributed by atoms with Crippen molar-refractivity contribution in [1.29, 1.82) is 0 Å². The van der Waals surface area contributed by atoms with Gasteiger partial charge in [0.05, 0.1) is 11.6 Å². The zero-order valence-electron chi connectivity index (χ0n) is 18.3. The molecule has 4 aliphatic heterocycles. The highest BCUT2D eigenvalue weighted by molar-refractivity contribution is 6.31. The number of pyridine rings is 1. The largest absolute Gasteiger partial charge is 0.458 e. The first kappa shape index (κ1) is 21.4. The van der Waals surface area contributed by atoms with Gasteiger partial charge < -0.3 is 29.7 Å². The second kappa shape index (κ2) is 7.43. The molecule has 3 unspecified atom stereocenters. The Bertz CT molecular complexity index is 1380. The molecule has 6 rings (SSSR count). The third-order valence-electron chi connectivity index (χ3n) is 7.25. The minimum Gasteiger partial charge on any atom is -0.458 e. The number of nitrogens with zero attached hydrogens (tertiary/aromatic N) is 2. The number of carbonyl (C=O) groups excluding carboxylic acids is 2. The Kier molecular flexibility index (Phi) is 4.68. The smallest absolute Gasteiger partial charge is 0.340 e. The number of aromatic nitrogens is 1. The number of benzene rings is 1. The first-order valence-electron chi connectivity index (χ1n) is 11.1. The van der Waals surface area contributed by atoms with E-state index in [4.69, 9.17) is 16.3 Å². The SMILES string of the molecule is Cc1cc2c(cc1Cl)NC1C(=C2CN2CCC(O)C2=O)Cn2c1cc1c(c2=O)COC(=O)C1O. The summed E-state index contributed by atoms with van der Waals surface area (Å²) in [6, 6.07) is 5.09. The number of amides is 1. The minimum absolute atomic E-state index is 0.177. The maximum atomic E-state index is 13.3. The van der Waals surface area contributed by atoms with Gasteiger partial charge >= 0.3 is 5.97 Å². The van der Waals surface area contributed by atoms with Crippen LogP contribution in [0.1, 0.15) is 46.5 Å². The summed E-state index contributed by atoms with van der Waals surface area (Å²) < 4.78 is 6.60. The number of carbonyl (C=O) groups is 2. The molecule has 0 saturated carbocycles. The van der Waals surface area contributed by atoms with Crippen molar-refractivity contribution in [2.45, 2.75) is 44.7 Å². The molecule has 0 bridgehead atoms. The van der Waals surface area contributed by atoms with Crippen LogP contribution in [-0.2, 0) is 27.5 Å². The van der Waals surface area contributed by atoms with Gasteiger partial charge in [0.15, 0.2) is 6.10 Å².